The number of hydrogen-bond acceptors (Lipinski definition) is 4. The lowest BCUT2D eigenvalue weighted by molar-refractivity contribution is 0.468. The van der Waals surface area contributed by atoms with Crippen LogP contribution in [0.15, 0.2) is 24.4 Å². The molecule has 6 heteroatoms. The van der Waals surface area contributed by atoms with Crippen LogP contribution in [0.3, 0.4) is 0 Å². The highest BCUT2D eigenvalue weighted by Crippen LogP contribution is 2.11. The minimum atomic E-state index is -4.24. The van der Waals surface area contributed by atoms with Crippen LogP contribution >= 0.6 is 0 Å². The summed E-state index contributed by atoms with van der Waals surface area (Å²) in [5.41, 5.74) is 5.30. The van der Waals surface area contributed by atoms with Crippen molar-refractivity contribution >= 4 is 10.1 Å². The van der Waals surface area contributed by atoms with Crippen LogP contribution in [0.1, 0.15) is 11.1 Å². The predicted molar refractivity (Wildman–Crippen MR) is 42.7 cm³/mol. The highest BCUT2D eigenvalue weighted by molar-refractivity contribution is 7.86. The smallest absolute Gasteiger partial charge is 0.286 e. The van der Waals surface area contributed by atoms with Crippen molar-refractivity contribution in [2.75, 3.05) is 0 Å². The van der Waals surface area contributed by atoms with Crippen LogP contribution in [0.5, 0.6) is 0 Å². The molecule has 0 aliphatic carbocycles. The average molecular weight is 188 g/mol. The van der Waals surface area contributed by atoms with E-state index < -0.39 is 15.5 Å². The van der Waals surface area contributed by atoms with Crippen LogP contribution in [0.2, 0.25) is 0 Å². The first-order valence-corrected chi connectivity index (χ1v) is 4.65. The van der Waals surface area contributed by atoms with Gasteiger partial charge in [-0.3, -0.25) is 9.54 Å². The summed E-state index contributed by atoms with van der Waals surface area (Å²) in [5, 5.41) is -1.46. The molecular weight excluding hydrogens is 180 g/mol. The molecule has 1 aromatic rings. The zero-order chi connectivity index (χ0) is 9.19. The molecule has 1 atom stereocenters. The number of nitrogens with zero attached hydrogens (tertiary/aromatic N) is 1. The third-order valence-corrected chi connectivity index (χ3v) is 2.18. The Bertz CT molecular complexity index is 348. The van der Waals surface area contributed by atoms with Gasteiger partial charge in [-0.25, -0.2) is 0 Å². The molecular formula is C6H8N2O3S. The molecule has 1 heterocycles. The van der Waals surface area contributed by atoms with E-state index in [1.165, 1.54) is 12.3 Å². The number of nitrogens with two attached hydrogens (primary N) is 1. The maximum atomic E-state index is 10.5. The van der Waals surface area contributed by atoms with Gasteiger partial charge in [-0.1, -0.05) is 6.07 Å². The number of pyridine rings is 1. The molecule has 0 radical (unpaired) electrons. The lowest BCUT2D eigenvalue weighted by atomic mass is 10.3. The van der Waals surface area contributed by atoms with Crippen LogP contribution in [0, 0.1) is 0 Å². The van der Waals surface area contributed by atoms with Crippen molar-refractivity contribution in [3.05, 3.63) is 30.1 Å². The molecule has 0 amide bonds. The highest BCUT2D eigenvalue weighted by atomic mass is 32.2. The van der Waals surface area contributed by atoms with Crippen molar-refractivity contribution in [3.8, 4) is 0 Å². The lowest BCUT2D eigenvalue weighted by Gasteiger charge is -2.05. The van der Waals surface area contributed by atoms with Gasteiger partial charge in [0.1, 0.15) is 0 Å². The average Bonchev–Trinajstić information content (AvgIpc) is 2.03. The van der Waals surface area contributed by atoms with Crippen LogP contribution < -0.4 is 5.73 Å². The number of rotatable bonds is 2. The predicted octanol–water partition coefficient (Wildman–Crippen LogP) is -0.0733. The maximum absolute atomic E-state index is 10.5. The zero-order valence-electron chi connectivity index (χ0n) is 6.08. The first kappa shape index (κ1) is 9.11. The van der Waals surface area contributed by atoms with Crippen molar-refractivity contribution in [1.29, 1.82) is 0 Å². The third-order valence-electron chi connectivity index (χ3n) is 1.30. The molecule has 1 rings (SSSR count). The molecule has 0 aromatic carbocycles. The molecule has 1 aromatic heterocycles. The van der Waals surface area contributed by atoms with Crippen LogP contribution in [0.25, 0.3) is 0 Å². The third kappa shape index (κ3) is 2.00. The van der Waals surface area contributed by atoms with Gasteiger partial charge in [-0.15, -0.1) is 0 Å². The zero-order valence-corrected chi connectivity index (χ0v) is 6.90. The van der Waals surface area contributed by atoms with E-state index in [1.807, 2.05) is 0 Å². The first-order chi connectivity index (χ1) is 5.52. The molecule has 0 saturated carbocycles. The topological polar surface area (TPSA) is 93.3 Å². The Kier molecular flexibility index (Phi) is 2.41. The second-order valence-corrected chi connectivity index (χ2v) is 3.73. The van der Waals surface area contributed by atoms with Gasteiger partial charge in [-0.05, 0) is 12.1 Å². The molecule has 66 valence electrons. The Balaban J connectivity index is 3.02. The lowest BCUT2D eigenvalue weighted by Crippen LogP contribution is -2.21. The molecule has 1 unspecified atom stereocenters. The van der Waals surface area contributed by atoms with Gasteiger partial charge in [0.05, 0.1) is 5.69 Å². The van der Waals surface area contributed by atoms with Gasteiger partial charge in [0.15, 0.2) is 5.37 Å². The fourth-order valence-electron chi connectivity index (χ4n) is 0.697. The summed E-state index contributed by atoms with van der Waals surface area (Å²) >= 11 is 0. The summed E-state index contributed by atoms with van der Waals surface area (Å²) < 4.78 is 29.6. The fourth-order valence-corrected chi connectivity index (χ4v) is 1.14. The Morgan fingerprint density at radius 3 is 2.58 bits per heavy atom. The van der Waals surface area contributed by atoms with Gasteiger partial charge in [-0.2, -0.15) is 8.42 Å². The molecule has 12 heavy (non-hydrogen) atoms. The first-order valence-electron chi connectivity index (χ1n) is 3.14. The van der Waals surface area contributed by atoms with Gasteiger partial charge in [0, 0.05) is 6.20 Å². The van der Waals surface area contributed by atoms with E-state index >= 15 is 0 Å². The normalized spacial score (nSPS) is 14.2. The molecule has 0 aliphatic rings. The van der Waals surface area contributed by atoms with Crippen LogP contribution in [-0.2, 0) is 10.1 Å². The molecule has 0 saturated heterocycles. The molecule has 0 spiro atoms. The van der Waals surface area contributed by atoms with E-state index in [9.17, 15) is 8.42 Å². The highest BCUT2D eigenvalue weighted by Gasteiger charge is 2.20. The summed E-state index contributed by atoms with van der Waals surface area (Å²) in [6.07, 6.45) is 1.40. The van der Waals surface area contributed by atoms with Crippen molar-refractivity contribution in [3.63, 3.8) is 0 Å². The largest absolute Gasteiger partial charge is 0.308 e. The van der Waals surface area contributed by atoms with Gasteiger partial charge < -0.3 is 5.73 Å². The van der Waals surface area contributed by atoms with Crippen molar-refractivity contribution in [2.45, 2.75) is 5.37 Å². The van der Waals surface area contributed by atoms with E-state index in [1.54, 1.807) is 12.1 Å². The molecule has 0 fully saturated rings. The molecule has 0 aliphatic heterocycles. The minimum Gasteiger partial charge on any atom is -0.308 e. The second-order valence-electron chi connectivity index (χ2n) is 2.19. The monoisotopic (exact) mass is 188 g/mol. The Labute approximate surface area is 70.0 Å². The number of hydrogen-bond donors (Lipinski definition) is 2. The van der Waals surface area contributed by atoms with Gasteiger partial charge in [0.25, 0.3) is 10.1 Å². The van der Waals surface area contributed by atoms with Crippen LogP contribution in [0.4, 0.5) is 0 Å². The van der Waals surface area contributed by atoms with E-state index in [0.29, 0.717) is 0 Å². The second kappa shape index (κ2) is 3.18. The summed E-state index contributed by atoms with van der Waals surface area (Å²) in [7, 11) is -4.24. The summed E-state index contributed by atoms with van der Waals surface area (Å²) in [6.45, 7) is 0. The minimum absolute atomic E-state index is 0.125. The van der Waals surface area contributed by atoms with E-state index in [-0.39, 0.29) is 5.69 Å². The van der Waals surface area contributed by atoms with Crippen molar-refractivity contribution < 1.29 is 13.0 Å². The van der Waals surface area contributed by atoms with E-state index in [2.05, 4.69) is 4.98 Å². The van der Waals surface area contributed by atoms with E-state index in [4.69, 9.17) is 10.3 Å². The summed E-state index contributed by atoms with van der Waals surface area (Å²) in [4.78, 5) is 3.68. The molecule has 0 bridgehead atoms. The van der Waals surface area contributed by atoms with Crippen LogP contribution in [-0.4, -0.2) is 18.0 Å². The van der Waals surface area contributed by atoms with E-state index in [0.717, 1.165) is 0 Å². The standard InChI is InChI=1S/C6H8N2O3S/c7-6(12(9,10)11)5-3-1-2-4-8-5/h1-4,6H,7H2,(H,9,10,11). The van der Waals surface area contributed by atoms with Gasteiger partial charge in [0.2, 0.25) is 0 Å². The van der Waals surface area contributed by atoms with Crippen molar-refractivity contribution in [2.24, 2.45) is 5.73 Å². The Hall–Kier alpha value is -0.980. The maximum Gasteiger partial charge on any atom is 0.286 e. The Morgan fingerprint density at radius 2 is 2.17 bits per heavy atom. The molecule has 5 nitrogen and oxygen atoms in total. The van der Waals surface area contributed by atoms with Gasteiger partial charge >= 0.3 is 0 Å². The fraction of sp³-hybridized carbons (Fsp3) is 0.167. The Morgan fingerprint density at radius 1 is 1.50 bits per heavy atom. The van der Waals surface area contributed by atoms with Crippen molar-refractivity contribution in [1.82, 2.24) is 4.98 Å². The summed E-state index contributed by atoms with van der Waals surface area (Å²) in [5.74, 6) is 0. The SMILES string of the molecule is NC(c1ccccn1)S(=O)(=O)O. The number of aromatic nitrogens is 1. The summed E-state index contributed by atoms with van der Waals surface area (Å²) in [6, 6.07) is 4.64. The quantitative estimate of drug-likeness (QED) is 0.633. The molecule has 3 N–H and O–H groups in total.